The number of urea groups is 1. The van der Waals surface area contributed by atoms with E-state index in [9.17, 15) is 23.2 Å². The fraction of sp³-hybridized carbons (Fsp3) is 0.310. The van der Waals surface area contributed by atoms with E-state index in [1.54, 1.807) is 12.1 Å². The molecule has 1 fully saturated rings. The predicted octanol–water partition coefficient (Wildman–Crippen LogP) is 8.85. The number of amides is 2. The van der Waals surface area contributed by atoms with Crippen LogP contribution in [0.4, 0.5) is 23.7 Å². The molecule has 2 amide bonds. The molecule has 0 saturated carbocycles. The van der Waals surface area contributed by atoms with E-state index >= 15 is 0 Å². The lowest BCUT2D eigenvalue weighted by Gasteiger charge is -2.23. The van der Waals surface area contributed by atoms with Gasteiger partial charge in [-0.15, -0.1) is 0 Å². The van der Waals surface area contributed by atoms with E-state index in [1.807, 2.05) is 0 Å². The van der Waals surface area contributed by atoms with Gasteiger partial charge in [-0.05, 0) is 60.4 Å². The number of carbonyl (C=O) groups is 1. The minimum absolute atomic E-state index is 0.0646. The van der Waals surface area contributed by atoms with Gasteiger partial charge in [0.15, 0.2) is 0 Å². The standard InChI is InChI=1S/C18H14ClF2N3O.C6H4ClF.C5H12/c19-12-1-6-15(16(21)9-12)18(10-22)7-8-24(11-18)17(25)23-14-4-2-13(20)3-5-14;7-5-3-1-2-4-6(5)8;1-5(2,3)4/h1-6,9H,7-8,11H2,(H,23,25);1-4H;1-4H3. The Labute approximate surface area is 232 Å². The summed E-state index contributed by atoms with van der Waals surface area (Å²) in [4.78, 5) is 13.8. The molecule has 1 unspecified atom stereocenters. The van der Waals surface area contributed by atoms with Crippen LogP contribution in [-0.2, 0) is 5.41 Å². The molecular formula is C29H30Cl2F3N3O. The van der Waals surface area contributed by atoms with Crippen LogP contribution in [0.3, 0.4) is 0 Å². The molecule has 38 heavy (non-hydrogen) atoms. The Morgan fingerprint density at radius 2 is 1.58 bits per heavy atom. The molecule has 3 aromatic carbocycles. The zero-order valence-electron chi connectivity index (χ0n) is 21.7. The molecule has 1 atom stereocenters. The molecule has 4 rings (SSSR count). The third-order valence-corrected chi connectivity index (χ3v) is 5.68. The van der Waals surface area contributed by atoms with E-state index in [0.717, 1.165) is 6.07 Å². The van der Waals surface area contributed by atoms with Gasteiger partial charge in [0.25, 0.3) is 0 Å². The fourth-order valence-corrected chi connectivity index (χ4v) is 3.70. The number of carbonyl (C=O) groups excluding carboxylic acids is 1. The van der Waals surface area contributed by atoms with Gasteiger partial charge in [0.2, 0.25) is 0 Å². The quantitative estimate of drug-likeness (QED) is 0.338. The molecule has 0 aromatic heterocycles. The summed E-state index contributed by atoms with van der Waals surface area (Å²) in [7, 11) is 0. The summed E-state index contributed by atoms with van der Waals surface area (Å²) in [5.74, 6) is -1.33. The van der Waals surface area contributed by atoms with Crippen molar-refractivity contribution in [3.05, 3.63) is 99.8 Å². The van der Waals surface area contributed by atoms with Crippen molar-refractivity contribution in [1.82, 2.24) is 4.90 Å². The van der Waals surface area contributed by atoms with Crippen molar-refractivity contribution in [1.29, 1.82) is 5.26 Å². The zero-order valence-corrected chi connectivity index (χ0v) is 23.2. The maximum absolute atomic E-state index is 14.3. The highest BCUT2D eigenvalue weighted by Crippen LogP contribution is 2.36. The largest absolute Gasteiger partial charge is 0.323 e. The Balaban J connectivity index is 0.000000320. The Morgan fingerprint density at radius 3 is 2.08 bits per heavy atom. The third kappa shape index (κ3) is 9.59. The minimum Gasteiger partial charge on any atom is -0.323 e. The van der Waals surface area contributed by atoms with Crippen LogP contribution >= 0.6 is 23.2 Å². The highest BCUT2D eigenvalue weighted by Gasteiger charge is 2.43. The lowest BCUT2D eigenvalue weighted by atomic mass is 9.81. The molecule has 1 saturated heterocycles. The summed E-state index contributed by atoms with van der Waals surface area (Å²) in [5, 5.41) is 12.7. The zero-order chi connectivity index (χ0) is 28.5. The number of hydrogen-bond acceptors (Lipinski definition) is 2. The summed E-state index contributed by atoms with van der Waals surface area (Å²) >= 11 is 11.1. The molecule has 1 heterocycles. The van der Waals surface area contributed by atoms with Gasteiger partial charge >= 0.3 is 6.03 Å². The number of hydrogen-bond donors (Lipinski definition) is 1. The first-order valence-electron chi connectivity index (χ1n) is 11.8. The maximum Gasteiger partial charge on any atom is 0.321 e. The SMILES string of the molecule is CC(C)(C)C.Fc1ccccc1Cl.N#CC1(c2ccc(Cl)cc2F)CCN(C(=O)Nc2ccc(F)cc2)C1. The van der Waals surface area contributed by atoms with Crippen molar-refractivity contribution in [2.24, 2.45) is 5.41 Å². The number of nitriles is 1. The molecule has 9 heteroatoms. The summed E-state index contributed by atoms with van der Waals surface area (Å²) in [5.41, 5.74) is 0.0597. The smallest absolute Gasteiger partial charge is 0.321 e. The number of nitrogens with zero attached hydrogens (tertiary/aromatic N) is 2. The van der Waals surface area contributed by atoms with Crippen LogP contribution in [0.5, 0.6) is 0 Å². The topological polar surface area (TPSA) is 56.1 Å². The summed E-state index contributed by atoms with van der Waals surface area (Å²) in [6.07, 6.45) is 0.318. The number of benzene rings is 3. The van der Waals surface area contributed by atoms with Gasteiger partial charge in [0.1, 0.15) is 22.9 Å². The van der Waals surface area contributed by atoms with Crippen molar-refractivity contribution in [3.8, 4) is 6.07 Å². The van der Waals surface area contributed by atoms with Crippen LogP contribution in [0.15, 0.2) is 66.7 Å². The number of rotatable bonds is 2. The van der Waals surface area contributed by atoms with E-state index in [-0.39, 0.29) is 28.0 Å². The first-order valence-corrected chi connectivity index (χ1v) is 12.6. The van der Waals surface area contributed by atoms with Crippen LogP contribution in [0.25, 0.3) is 0 Å². The molecule has 0 radical (unpaired) electrons. The number of likely N-dealkylation sites (tertiary alicyclic amines) is 1. The summed E-state index contributed by atoms with van der Waals surface area (Å²) in [6.45, 7) is 9.12. The van der Waals surface area contributed by atoms with E-state index in [2.05, 4.69) is 39.1 Å². The molecule has 4 nitrogen and oxygen atoms in total. The van der Waals surface area contributed by atoms with Crippen molar-refractivity contribution < 1.29 is 18.0 Å². The first-order chi connectivity index (χ1) is 17.7. The molecule has 1 N–H and O–H groups in total. The van der Waals surface area contributed by atoms with Gasteiger partial charge in [-0.1, -0.05) is 69.1 Å². The molecule has 202 valence electrons. The van der Waals surface area contributed by atoms with E-state index in [1.165, 1.54) is 53.4 Å². The second-order valence-electron chi connectivity index (χ2n) is 10.3. The molecular weight excluding hydrogens is 534 g/mol. The van der Waals surface area contributed by atoms with Crippen molar-refractivity contribution in [3.63, 3.8) is 0 Å². The summed E-state index contributed by atoms with van der Waals surface area (Å²) < 4.78 is 39.4. The maximum atomic E-state index is 14.3. The lowest BCUT2D eigenvalue weighted by molar-refractivity contribution is 0.221. The Kier molecular flexibility index (Phi) is 11.1. The predicted molar refractivity (Wildman–Crippen MR) is 147 cm³/mol. The highest BCUT2D eigenvalue weighted by molar-refractivity contribution is 6.30. The molecule has 3 aromatic rings. The average Bonchev–Trinajstić information content (AvgIpc) is 3.28. The highest BCUT2D eigenvalue weighted by atomic mass is 35.5. The monoisotopic (exact) mass is 563 g/mol. The van der Waals surface area contributed by atoms with Crippen molar-refractivity contribution in [2.45, 2.75) is 39.5 Å². The molecule has 1 aliphatic heterocycles. The number of nitrogens with one attached hydrogen (secondary N) is 1. The average molecular weight is 564 g/mol. The van der Waals surface area contributed by atoms with Gasteiger partial charge in [-0.3, -0.25) is 0 Å². The summed E-state index contributed by atoms with van der Waals surface area (Å²) in [6, 6.07) is 17.4. The van der Waals surface area contributed by atoms with Gasteiger partial charge in [0.05, 0.1) is 11.1 Å². The molecule has 1 aliphatic rings. The number of halogens is 5. The fourth-order valence-electron chi connectivity index (χ4n) is 3.41. The first kappa shape index (κ1) is 31.0. The van der Waals surface area contributed by atoms with Crippen LogP contribution in [0.1, 0.15) is 39.7 Å². The van der Waals surface area contributed by atoms with Gasteiger partial charge in [-0.25, -0.2) is 18.0 Å². The van der Waals surface area contributed by atoms with Gasteiger partial charge < -0.3 is 10.2 Å². The van der Waals surface area contributed by atoms with Crippen LogP contribution in [-0.4, -0.2) is 24.0 Å². The second-order valence-corrected chi connectivity index (χ2v) is 11.2. The van der Waals surface area contributed by atoms with Crippen LogP contribution in [0, 0.1) is 34.2 Å². The normalized spacial score (nSPS) is 16.4. The van der Waals surface area contributed by atoms with Crippen LogP contribution in [0.2, 0.25) is 10.0 Å². The molecule has 0 bridgehead atoms. The van der Waals surface area contributed by atoms with Crippen molar-refractivity contribution in [2.75, 3.05) is 18.4 Å². The Bertz CT molecular complexity index is 1250. The van der Waals surface area contributed by atoms with Gasteiger partial charge in [-0.2, -0.15) is 5.26 Å². The molecule has 0 spiro atoms. The Hall–Kier alpha value is -3.21. The second kappa shape index (κ2) is 13.5. The van der Waals surface area contributed by atoms with Crippen LogP contribution < -0.4 is 5.32 Å². The van der Waals surface area contributed by atoms with E-state index in [0.29, 0.717) is 24.1 Å². The Morgan fingerprint density at radius 1 is 0.974 bits per heavy atom. The molecule has 0 aliphatic carbocycles. The van der Waals surface area contributed by atoms with Gasteiger partial charge in [0, 0.05) is 29.4 Å². The lowest BCUT2D eigenvalue weighted by Crippen LogP contribution is -2.36. The van der Waals surface area contributed by atoms with Crippen molar-refractivity contribution >= 4 is 34.9 Å². The van der Waals surface area contributed by atoms with E-state index < -0.39 is 23.1 Å². The third-order valence-electron chi connectivity index (χ3n) is 5.14. The minimum atomic E-state index is -1.12. The number of anilines is 1. The van der Waals surface area contributed by atoms with E-state index in [4.69, 9.17) is 23.2 Å².